The van der Waals surface area contributed by atoms with Gasteiger partial charge < -0.3 is 4.74 Å². The van der Waals surface area contributed by atoms with Crippen LogP contribution in [-0.4, -0.2) is 21.9 Å². The normalized spacial score (nSPS) is 22.4. The highest BCUT2D eigenvalue weighted by Crippen LogP contribution is 2.49. The number of nitrogens with zero attached hydrogens (tertiary/aromatic N) is 2. The Labute approximate surface area is 110 Å². The number of alkyl halides is 3. The first kappa shape index (κ1) is 14.0. The molecule has 9 heteroatoms. The number of aromatic nitrogens is 1. The van der Waals surface area contributed by atoms with Gasteiger partial charge in [-0.25, -0.2) is 0 Å². The highest BCUT2D eigenvalue weighted by Gasteiger charge is 2.62. The minimum Gasteiger partial charge on any atom is -0.480 e. The van der Waals surface area contributed by atoms with Crippen molar-refractivity contribution in [1.29, 1.82) is 0 Å². The number of carbonyl (C=O) groups excluding carboxylic acids is 1. The molecule has 6 nitrogen and oxygen atoms in total. The van der Waals surface area contributed by atoms with Crippen molar-refractivity contribution >= 4 is 11.5 Å². The number of rotatable bonds is 2. The molecule has 0 spiro atoms. The second-order valence-electron chi connectivity index (χ2n) is 4.04. The number of halogens is 3. The number of pyridine rings is 1. The number of nitro groups is 1. The number of ether oxygens (including phenoxy) is 1. The zero-order valence-corrected chi connectivity index (χ0v) is 9.76. The Morgan fingerprint density at radius 1 is 1.45 bits per heavy atom. The van der Waals surface area contributed by atoms with Gasteiger partial charge in [-0.1, -0.05) is 0 Å². The van der Waals surface area contributed by atoms with E-state index in [9.17, 15) is 28.1 Å². The summed E-state index contributed by atoms with van der Waals surface area (Å²) in [5.41, 5.74) is -4.67. The van der Waals surface area contributed by atoms with Crippen LogP contribution in [0.25, 0.3) is 0 Å². The topological polar surface area (TPSA) is 82.3 Å². The van der Waals surface area contributed by atoms with Gasteiger partial charge in [0.25, 0.3) is 5.69 Å². The molecule has 0 amide bonds. The van der Waals surface area contributed by atoms with E-state index in [4.69, 9.17) is 0 Å². The molecule has 1 aromatic heterocycles. The molecular formula is C11H7F3N2O4. The average molecular weight is 288 g/mol. The van der Waals surface area contributed by atoms with Gasteiger partial charge in [0.2, 0.25) is 5.60 Å². The van der Waals surface area contributed by atoms with E-state index >= 15 is 0 Å². The molecule has 20 heavy (non-hydrogen) atoms. The van der Waals surface area contributed by atoms with Gasteiger partial charge in [-0.3, -0.25) is 19.9 Å². The van der Waals surface area contributed by atoms with Gasteiger partial charge in [-0.15, -0.1) is 0 Å². The van der Waals surface area contributed by atoms with Gasteiger partial charge in [0.15, 0.2) is 5.78 Å². The van der Waals surface area contributed by atoms with Gasteiger partial charge >= 0.3 is 6.18 Å². The van der Waals surface area contributed by atoms with Crippen molar-refractivity contribution < 1.29 is 27.6 Å². The predicted octanol–water partition coefficient (Wildman–Crippen LogP) is 2.25. The Morgan fingerprint density at radius 3 is 2.70 bits per heavy atom. The standard InChI is InChI=1S/C11H7F3N2O4/c12-11(13,14)10(5-7(17)2-4-20-10)8-1-3-15-6-9(8)16(18)19/h1-4,6H,5H2. The van der Waals surface area contributed by atoms with Crippen LogP contribution in [0.1, 0.15) is 12.0 Å². The van der Waals surface area contributed by atoms with Crippen molar-refractivity contribution in [1.82, 2.24) is 4.98 Å². The second kappa shape index (κ2) is 4.58. The van der Waals surface area contributed by atoms with E-state index in [1.165, 1.54) is 0 Å². The fourth-order valence-corrected chi connectivity index (χ4v) is 1.92. The second-order valence-corrected chi connectivity index (χ2v) is 4.04. The lowest BCUT2D eigenvalue weighted by Gasteiger charge is -2.35. The van der Waals surface area contributed by atoms with E-state index in [1.54, 1.807) is 0 Å². The van der Waals surface area contributed by atoms with Crippen molar-refractivity contribution in [3.8, 4) is 0 Å². The van der Waals surface area contributed by atoms with Crippen molar-refractivity contribution in [2.75, 3.05) is 0 Å². The van der Waals surface area contributed by atoms with E-state index in [1.807, 2.05) is 0 Å². The van der Waals surface area contributed by atoms with Crippen molar-refractivity contribution in [2.24, 2.45) is 0 Å². The summed E-state index contributed by atoms with van der Waals surface area (Å²) in [5.74, 6) is -0.834. The maximum absolute atomic E-state index is 13.3. The van der Waals surface area contributed by atoms with E-state index < -0.39 is 40.2 Å². The molecule has 106 valence electrons. The molecule has 0 saturated heterocycles. The summed E-state index contributed by atoms with van der Waals surface area (Å²) in [4.78, 5) is 24.6. The third kappa shape index (κ3) is 2.10. The number of hydrogen-bond acceptors (Lipinski definition) is 5. The lowest BCUT2D eigenvalue weighted by molar-refractivity contribution is -0.389. The summed E-state index contributed by atoms with van der Waals surface area (Å²) >= 11 is 0. The van der Waals surface area contributed by atoms with Crippen LogP contribution < -0.4 is 0 Å². The highest BCUT2D eigenvalue weighted by molar-refractivity contribution is 5.91. The minimum absolute atomic E-state index is 0.601. The van der Waals surface area contributed by atoms with Crippen LogP contribution in [0.3, 0.4) is 0 Å². The first-order valence-corrected chi connectivity index (χ1v) is 5.31. The van der Waals surface area contributed by atoms with Gasteiger partial charge in [0.1, 0.15) is 6.20 Å². The SMILES string of the molecule is O=C1C=COC(c2ccncc2[N+](=O)[O-])(C(F)(F)F)C1. The summed E-state index contributed by atoms with van der Waals surface area (Å²) in [6.45, 7) is 0. The van der Waals surface area contributed by atoms with Crippen LogP contribution in [0.15, 0.2) is 30.8 Å². The third-order valence-corrected chi connectivity index (χ3v) is 2.84. The highest BCUT2D eigenvalue weighted by atomic mass is 19.4. The zero-order chi connectivity index (χ0) is 15.0. The molecule has 0 aliphatic carbocycles. The number of ketones is 1. The van der Waals surface area contributed by atoms with Crippen LogP contribution >= 0.6 is 0 Å². The molecule has 2 rings (SSSR count). The molecule has 1 unspecified atom stereocenters. The molecular weight excluding hydrogens is 281 g/mol. The number of carbonyl (C=O) groups is 1. The monoisotopic (exact) mass is 288 g/mol. The smallest absolute Gasteiger partial charge is 0.433 e. The molecule has 1 aliphatic heterocycles. The summed E-state index contributed by atoms with van der Waals surface area (Å²) in [6, 6.07) is 0.831. The zero-order valence-electron chi connectivity index (χ0n) is 9.76. The Morgan fingerprint density at radius 2 is 2.15 bits per heavy atom. The maximum Gasteiger partial charge on any atom is 0.433 e. The Bertz CT molecular complexity index is 600. The lowest BCUT2D eigenvalue weighted by atomic mass is 9.86. The Hall–Kier alpha value is -2.45. The summed E-state index contributed by atoms with van der Waals surface area (Å²) < 4.78 is 44.7. The van der Waals surface area contributed by atoms with Crippen molar-refractivity contribution in [3.05, 3.63) is 46.5 Å². The van der Waals surface area contributed by atoms with Crippen LogP contribution in [0, 0.1) is 10.1 Å². The van der Waals surface area contributed by atoms with Crippen LogP contribution in [-0.2, 0) is 15.1 Å². The van der Waals surface area contributed by atoms with E-state index in [0.29, 0.717) is 12.5 Å². The first-order valence-electron chi connectivity index (χ1n) is 5.31. The third-order valence-electron chi connectivity index (χ3n) is 2.84. The van der Waals surface area contributed by atoms with Gasteiger partial charge in [0.05, 0.1) is 23.2 Å². The minimum atomic E-state index is -5.00. The molecule has 1 aliphatic rings. The van der Waals surface area contributed by atoms with E-state index in [0.717, 1.165) is 18.3 Å². The summed E-state index contributed by atoms with van der Waals surface area (Å²) in [5, 5.41) is 10.9. The number of allylic oxidation sites excluding steroid dienone is 1. The first-order chi connectivity index (χ1) is 9.28. The molecule has 2 heterocycles. The van der Waals surface area contributed by atoms with E-state index in [-0.39, 0.29) is 0 Å². The molecule has 1 aromatic rings. The Balaban J connectivity index is 2.69. The molecule has 0 fully saturated rings. The quantitative estimate of drug-likeness (QED) is 0.615. The maximum atomic E-state index is 13.3. The molecule has 0 N–H and O–H groups in total. The number of hydrogen-bond donors (Lipinski definition) is 0. The molecule has 0 aromatic carbocycles. The predicted molar refractivity (Wildman–Crippen MR) is 58.5 cm³/mol. The summed E-state index contributed by atoms with van der Waals surface area (Å²) in [6.07, 6.45) is -2.95. The fourth-order valence-electron chi connectivity index (χ4n) is 1.92. The van der Waals surface area contributed by atoms with Crippen LogP contribution in [0.5, 0.6) is 0 Å². The van der Waals surface area contributed by atoms with Crippen molar-refractivity contribution in [3.63, 3.8) is 0 Å². The Kier molecular flexibility index (Phi) is 3.20. The van der Waals surface area contributed by atoms with Crippen molar-refractivity contribution in [2.45, 2.75) is 18.2 Å². The molecule has 0 radical (unpaired) electrons. The van der Waals surface area contributed by atoms with Crippen LogP contribution in [0.4, 0.5) is 18.9 Å². The van der Waals surface area contributed by atoms with Gasteiger partial charge in [0, 0.05) is 12.3 Å². The van der Waals surface area contributed by atoms with Gasteiger partial charge in [-0.2, -0.15) is 13.2 Å². The average Bonchev–Trinajstić information content (AvgIpc) is 2.37. The summed E-state index contributed by atoms with van der Waals surface area (Å²) in [7, 11) is 0. The largest absolute Gasteiger partial charge is 0.480 e. The van der Waals surface area contributed by atoms with Gasteiger partial charge in [-0.05, 0) is 6.07 Å². The molecule has 1 atom stereocenters. The fraction of sp³-hybridized carbons (Fsp3) is 0.273. The lowest BCUT2D eigenvalue weighted by Crippen LogP contribution is -2.47. The molecule has 0 bridgehead atoms. The van der Waals surface area contributed by atoms with E-state index in [2.05, 4.69) is 9.72 Å². The molecule has 0 saturated carbocycles. The van der Waals surface area contributed by atoms with Crippen LogP contribution in [0.2, 0.25) is 0 Å².